The monoisotopic (exact) mass is 313 g/mol. The van der Waals surface area contributed by atoms with Crippen molar-refractivity contribution in [3.63, 3.8) is 0 Å². The van der Waals surface area contributed by atoms with Crippen LogP contribution < -0.4 is 10.1 Å². The van der Waals surface area contributed by atoms with Crippen LogP contribution in [0.3, 0.4) is 0 Å². The number of hydrogen-bond donors (Lipinski definition) is 1. The third-order valence-corrected chi connectivity index (χ3v) is 2.88. The zero-order valence-corrected chi connectivity index (χ0v) is 11.4. The van der Waals surface area contributed by atoms with Crippen molar-refractivity contribution >= 4 is 11.6 Å². The molecule has 0 radical (unpaired) electrons. The van der Waals surface area contributed by atoms with Gasteiger partial charge in [-0.3, -0.25) is 4.79 Å². The van der Waals surface area contributed by atoms with Crippen LogP contribution in [0.4, 0.5) is 23.2 Å². The number of anilines is 1. The first-order valence-electron chi connectivity index (χ1n) is 6.13. The Labute approximate surface area is 123 Å². The van der Waals surface area contributed by atoms with E-state index in [1.165, 1.54) is 19.2 Å². The molecule has 0 unspecified atom stereocenters. The first kappa shape index (κ1) is 15.8. The molecule has 0 aromatic heterocycles. The van der Waals surface area contributed by atoms with E-state index in [4.69, 9.17) is 4.74 Å². The molecule has 2 aromatic rings. The zero-order valence-electron chi connectivity index (χ0n) is 11.4. The molecule has 0 fully saturated rings. The van der Waals surface area contributed by atoms with Gasteiger partial charge in [0.1, 0.15) is 11.6 Å². The SMILES string of the molecule is COc1ccc(NC(=O)c2ccc(F)c(C(F)(F)F)c2)cc1. The van der Waals surface area contributed by atoms with E-state index in [0.29, 0.717) is 23.6 Å². The van der Waals surface area contributed by atoms with Gasteiger partial charge < -0.3 is 10.1 Å². The van der Waals surface area contributed by atoms with Gasteiger partial charge in [0.25, 0.3) is 5.91 Å². The normalized spacial score (nSPS) is 11.1. The van der Waals surface area contributed by atoms with Crippen LogP contribution in [0.5, 0.6) is 5.75 Å². The maximum absolute atomic E-state index is 13.2. The molecule has 2 rings (SSSR count). The second-order valence-corrected chi connectivity index (χ2v) is 4.38. The Hall–Kier alpha value is -2.57. The molecule has 22 heavy (non-hydrogen) atoms. The van der Waals surface area contributed by atoms with E-state index in [9.17, 15) is 22.4 Å². The van der Waals surface area contributed by atoms with Crippen molar-refractivity contribution in [2.45, 2.75) is 6.18 Å². The van der Waals surface area contributed by atoms with Gasteiger partial charge in [-0.05, 0) is 42.5 Å². The summed E-state index contributed by atoms with van der Waals surface area (Å²) in [6.45, 7) is 0. The number of benzene rings is 2. The van der Waals surface area contributed by atoms with E-state index in [1.54, 1.807) is 12.1 Å². The van der Waals surface area contributed by atoms with Gasteiger partial charge in [0, 0.05) is 11.3 Å². The van der Waals surface area contributed by atoms with E-state index in [-0.39, 0.29) is 5.56 Å². The molecule has 116 valence electrons. The summed E-state index contributed by atoms with van der Waals surface area (Å²) >= 11 is 0. The molecule has 1 amide bonds. The summed E-state index contributed by atoms with van der Waals surface area (Å²) in [6.07, 6.45) is -4.86. The van der Waals surface area contributed by atoms with Crippen molar-refractivity contribution in [3.8, 4) is 5.75 Å². The summed E-state index contributed by atoms with van der Waals surface area (Å²) in [5, 5.41) is 2.42. The highest BCUT2D eigenvalue weighted by atomic mass is 19.4. The summed E-state index contributed by atoms with van der Waals surface area (Å²) < 4.78 is 56.0. The van der Waals surface area contributed by atoms with Crippen molar-refractivity contribution in [2.24, 2.45) is 0 Å². The van der Waals surface area contributed by atoms with Crippen LogP contribution in [0.25, 0.3) is 0 Å². The molecule has 0 heterocycles. The molecule has 0 atom stereocenters. The van der Waals surface area contributed by atoms with Crippen LogP contribution in [-0.2, 0) is 6.18 Å². The third-order valence-electron chi connectivity index (χ3n) is 2.88. The van der Waals surface area contributed by atoms with Gasteiger partial charge in [-0.2, -0.15) is 13.2 Å². The topological polar surface area (TPSA) is 38.3 Å². The van der Waals surface area contributed by atoms with Crippen molar-refractivity contribution in [3.05, 3.63) is 59.4 Å². The summed E-state index contributed by atoms with van der Waals surface area (Å²) in [5.74, 6) is -1.62. The average Bonchev–Trinajstić information content (AvgIpc) is 2.47. The number of halogens is 4. The molecule has 0 aliphatic heterocycles. The molecule has 0 saturated carbocycles. The minimum atomic E-state index is -4.86. The molecular weight excluding hydrogens is 302 g/mol. The number of carbonyl (C=O) groups is 1. The quantitative estimate of drug-likeness (QED) is 0.866. The van der Waals surface area contributed by atoms with E-state index >= 15 is 0 Å². The number of carbonyl (C=O) groups excluding carboxylic acids is 1. The van der Waals surface area contributed by atoms with E-state index in [0.717, 1.165) is 6.07 Å². The molecule has 1 N–H and O–H groups in total. The van der Waals surface area contributed by atoms with Gasteiger partial charge in [-0.1, -0.05) is 0 Å². The molecule has 7 heteroatoms. The second-order valence-electron chi connectivity index (χ2n) is 4.38. The van der Waals surface area contributed by atoms with Crippen LogP contribution in [-0.4, -0.2) is 13.0 Å². The number of amides is 1. The number of ether oxygens (including phenoxy) is 1. The highest BCUT2D eigenvalue weighted by Crippen LogP contribution is 2.32. The number of nitrogens with one attached hydrogen (secondary N) is 1. The number of methoxy groups -OCH3 is 1. The summed E-state index contributed by atoms with van der Waals surface area (Å²) in [6, 6.07) is 8.32. The fourth-order valence-electron chi connectivity index (χ4n) is 1.76. The largest absolute Gasteiger partial charge is 0.497 e. The molecule has 2 aromatic carbocycles. The minimum Gasteiger partial charge on any atom is -0.497 e. The molecule has 0 aliphatic carbocycles. The number of hydrogen-bond acceptors (Lipinski definition) is 2. The summed E-state index contributed by atoms with van der Waals surface area (Å²) in [4.78, 5) is 11.9. The number of rotatable bonds is 3. The summed E-state index contributed by atoms with van der Waals surface area (Å²) in [7, 11) is 1.48. The van der Waals surface area contributed by atoms with Gasteiger partial charge >= 0.3 is 6.18 Å². The Kier molecular flexibility index (Phi) is 4.35. The zero-order chi connectivity index (χ0) is 16.3. The smallest absolute Gasteiger partial charge is 0.419 e. The third kappa shape index (κ3) is 3.55. The second kappa shape index (κ2) is 6.05. The lowest BCUT2D eigenvalue weighted by Gasteiger charge is -2.10. The van der Waals surface area contributed by atoms with Crippen molar-refractivity contribution in [2.75, 3.05) is 12.4 Å². The Morgan fingerprint density at radius 1 is 1.09 bits per heavy atom. The van der Waals surface area contributed by atoms with Crippen LogP contribution in [0.2, 0.25) is 0 Å². The lowest BCUT2D eigenvalue weighted by atomic mass is 10.1. The van der Waals surface area contributed by atoms with Gasteiger partial charge in [0.05, 0.1) is 12.7 Å². The van der Waals surface area contributed by atoms with E-state index in [1.807, 2.05) is 0 Å². The van der Waals surface area contributed by atoms with Gasteiger partial charge in [-0.15, -0.1) is 0 Å². The Balaban J connectivity index is 2.22. The minimum absolute atomic E-state index is 0.287. The van der Waals surface area contributed by atoms with Crippen LogP contribution in [0, 0.1) is 5.82 Å². The Morgan fingerprint density at radius 3 is 2.27 bits per heavy atom. The van der Waals surface area contributed by atoms with Crippen molar-refractivity contribution < 1.29 is 27.1 Å². The Morgan fingerprint density at radius 2 is 1.73 bits per heavy atom. The van der Waals surface area contributed by atoms with Crippen LogP contribution in [0.1, 0.15) is 15.9 Å². The molecular formula is C15H11F4NO2. The maximum atomic E-state index is 13.2. The predicted octanol–water partition coefficient (Wildman–Crippen LogP) is 4.11. The number of alkyl halides is 3. The van der Waals surface area contributed by atoms with Gasteiger partial charge in [-0.25, -0.2) is 4.39 Å². The van der Waals surface area contributed by atoms with E-state index in [2.05, 4.69) is 5.32 Å². The molecule has 0 aliphatic rings. The lowest BCUT2D eigenvalue weighted by molar-refractivity contribution is -0.140. The Bertz CT molecular complexity index is 681. The van der Waals surface area contributed by atoms with Gasteiger partial charge in [0.15, 0.2) is 0 Å². The van der Waals surface area contributed by atoms with E-state index < -0.39 is 23.5 Å². The first-order chi connectivity index (χ1) is 10.3. The van der Waals surface area contributed by atoms with Gasteiger partial charge in [0.2, 0.25) is 0 Å². The van der Waals surface area contributed by atoms with Crippen molar-refractivity contribution in [1.82, 2.24) is 0 Å². The summed E-state index contributed by atoms with van der Waals surface area (Å²) in [5.41, 5.74) is -1.39. The molecule has 3 nitrogen and oxygen atoms in total. The highest BCUT2D eigenvalue weighted by Gasteiger charge is 2.34. The average molecular weight is 313 g/mol. The van der Waals surface area contributed by atoms with Crippen molar-refractivity contribution in [1.29, 1.82) is 0 Å². The fourth-order valence-corrected chi connectivity index (χ4v) is 1.76. The fraction of sp³-hybridized carbons (Fsp3) is 0.133. The molecule has 0 spiro atoms. The first-order valence-corrected chi connectivity index (χ1v) is 6.13. The molecule has 0 bridgehead atoms. The lowest BCUT2D eigenvalue weighted by Crippen LogP contribution is -2.15. The molecule has 0 saturated heterocycles. The van der Waals surface area contributed by atoms with Crippen LogP contribution >= 0.6 is 0 Å². The predicted molar refractivity (Wildman–Crippen MR) is 72.3 cm³/mol. The maximum Gasteiger partial charge on any atom is 0.419 e. The van der Waals surface area contributed by atoms with Crippen LogP contribution in [0.15, 0.2) is 42.5 Å². The highest BCUT2D eigenvalue weighted by molar-refractivity contribution is 6.04. The standard InChI is InChI=1S/C15H11F4NO2/c1-22-11-5-3-10(4-6-11)20-14(21)9-2-7-13(16)12(8-9)15(17,18)19/h2-8H,1H3,(H,20,21).